The molecule has 17 heavy (non-hydrogen) atoms. The van der Waals surface area contributed by atoms with Gasteiger partial charge < -0.3 is 0 Å². The highest BCUT2D eigenvalue weighted by Crippen LogP contribution is 2.27. The van der Waals surface area contributed by atoms with Crippen LogP contribution in [-0.4, -0.2) is 14.8 Å². The molecule has 0 atom stereocenters. The Bertz CT molecular complexity index is 499. The Hall–Kier alpha value is -1.85. The number of halogens is 3. The first-order valence-electron chi connectivity index (χ1n) is 4.87. The molecule has 0 aliphatic carbocycles. The molecule has 0 fully saturated rings. The van der Waals surface area contributed by atoms with E-state index in [9.17, 15) is 13.2 Å². The van der Waals surface area contributed by atoms with Crippen molar-refractivity contribution in [2.45, 2.75) is 12.6 Å². The van der Waals surface area contributed by atoms with E-state index in [1.54, 1.807) is 12.4 Å². The van der Waals surface area contributed by atoms with Crippen LogP contribution in [0.3, 0.4) is 0 Å². The molecule has 2 rings (SSSR count). The number of hydrogen-bond donors (Lipinski definition) is 0. The van der Waals surface area contributed by atoms with Crippen molar-refractivity contribution in [2.75, 3.05) is 0 Å². The van der Waals surface area contributed by atoms with Gasteiger partial charge in [0, 0.05) is 6.20 Å². The minimum Gasteiger partial charge on any atom is -0.250 e. The number of aromatic nitrogens is 3. The van der Waals surface area contributed by atoms with Crippen molar-refractivity contribution in [3.8, 4) is 5.69 Å². The third-order valence-corrected chi connectivity index (χ3v) is 2.23. The van der Waals surface area contributed by atoms with Gasteiger partial charge in [-0.15, -0.1) is 0 Å². The Morgan fingerprint density at radius 2 is 2.00 bits per heavy atom. The van der Waals surface area contributed by atoms with Crippen LogP contribution >= 0.6 is 0 Å². The van der Waals surface area contributed by atoms with Gasteiger partial charge in [-0.3, -0.25) is 0 Å². The SMILES string of the molecule is [CH2]Cc1cnn(-c2ccc(C(F)(F)F)nc2)c1. The average Bonchev–Trinajstić information content (AvgIpc) is 2.76. The number of alkyl halides is 3. The van der Waals surface area contributed by atoms with Gasteiger partial charge in [0.25, 0.3) is 0 Å². The van der Waals surface area contributed by atoms with Crippen molar-refractivity contribution in [3.05, 3.63) is 48.9 Å². The van der Waals surface area contributed by atoms with Crippen LogP contribution in [-0.2, 0) is 12.6 Å². The van der Waals surface area contributed by atoms with Crippen molar-refractivity contribution >= 4 is 0 Å². The normalized spacial score (nSPS) is 11.8. The van der Waals surface area contributed by atoms with Gasteiger partial charge in [0.05, 0.1) is 18.1 Å². The van der Waals surface area contributed by atoms with E-state index in [2.05, 4.69) is 17.0 Å². The minimum absolute atomic E-state index is 0.484. The third-order valence-electron chi connectivity index (χ3n) is 2.23. The monoisotopic (exact) mass is 240 g/mol. The summed E-state index contributed by atoms with van der Waals surface area (Å²) in [6, 6.07) is 2.26. The van der Waals surface area contributed by atoms with Gasteiger partial charge in [0.1, 0.15) is 5.69 Å². The summed E-state index contributed by atoms with van der Waals surface area (Å²) >= 11 is 0. The highest BCUT2D eigenvalue weighted by atomic mass is 19.4. The molecule has 6 heteroatoms. The fourth-order valence-electron chi connectivity index (χ4n) is 1.32. The molecule has 2 heterocycles. The Balaban J connectivity index is 2.29. The van der Waals surface area contributed by atoms with Crippen LogP contribution in [0.2, 0.25) is 0 Å². The van der Waals surface area contributed by atoms with E-state index in [0.29, 0.717) is 12.1 Å². The summed E-state index contributed by atoms with van der Waals surface area (Å²) in [6.45, 7) is 3.69. The largest absolute Gasteiger partial charge is 0.433 e. The lowest BCUT2D eigenvalue weighted by molar-refractivity contribution is -0.141. The van der Waals surface area contributed by atoms with E-state index >= 15 is 0 Å². The first-order valence-corrected chi connectivity index (χ1v) is 4.87. The second-order valence-corrected chi connectivity index (χ2v) is 3.44. The Kier molecular flexibility index (Phi) is 2.87. The van der Waals surface area contributed by atoms with Crippen molar-refractivity contribution in [2.24, 2.45) is 0 Å². The molecule has 2 aromatic heterocycles. The number of hydrogen-bond acceptors (Lipinski definition) is 2. The zero-order valence-electron chi connectivity index (χ0n) is 8.78. The molecule has 0 N–H and O–H groups in total. The molecule has 2 aromatic rings. The molecule has 0 aliphatic heterocycles. The first kappa shape index (κ1) is 11.6. The zero-order valence-corrected chi connectivity index (χ0v) is 8.78. The maximum atomic E-state index is 12.3. The molecule has 0 amide bonds. The lowest BCUT2D eigenvalue weighted by Crippen LogP contribution is -2.08. The Morgan fingerprint density at radius 1 is 1.24 bits per heavy atom. The molecule has 0 unspecified atom stereocenters. The van der Waals surface area contributed by atoms with Gasteiger partial charge in [-0.05, 0) is 31.0 Å². The van der Waals surface area contributed by atoms with Crippen molar-refractivity contribution in [1.29, 1.82) is 0 Å². The molecular weight excluding hydrogens is 231 g/mol. The highest BCUT2D eigenvalue weighted by molar-refractivity contribution is 5.30. The summed E-state index contributed by atoms with van der Waals surface area (Å²) in [6.07, 6.45) is 0.625. The molecule has 0 saturated carbocycles. The van der Waals surface area contributed by atoms with Gasteiger partial charge >= 0.3 is 6.18 Å². The number of nitrogens with zero attached hydrogens (tertiary/aromatic N) is 3. The second-order valence-electron chi connectivity index (χ2n) is 3.44. The van der Waals surface area contributed by atoms with Crippen LogP contribution in [0.1, 0.15) is 11.3 Å². The van der Waals surface area contributed by atoms with Gasteiger partial charge in [-0.25, -0.2) is 9.67 Å². The summed E-state index contributed by atoms with van der Waals surface area (Å²) in [5, 5.41) is 4.00. The molecular formula is C11H9F3N3. The Labute approximate surface area is 95.9 Å². The third kappa shape index (κ3) is 2.46. The summed E-state index contributed by atoms with van der Waals surface area (Å²) in [7, 11) is 0. The maximum Gasteiger partial charge on any atom is 0.433 e. The lowest BCUT2D eigenvalue weighted by Gasteiger charge is -2.06. The van der Waals surface area contributed by atoms with E-state index in [1.165, 1.54) is 10.7 Å². The van der Waals surface area contributed by atoms with Crippen LogP contribution < -0.4 is 0 Å². The molecule has 89 valence electrons. The second kappa shape index (κ2) is 4.20. The fraction of sp³-hybridized carbons (Fsp3) is 0.182. The van der Waals surface area contributed by atoms with Crippen LogP contribution in [0.25, 0.3) is 5.69 Å². The molecule has 3 nitrogen and oxygen atoms in total. The van der Waals surface area contributed by atoms with Gasteiger partial charge in [0.15, 0.2) is 0 Å². The predicted molar refractivity (Wildman–Crippen MR) is 55.4 cm³/mol. The Morgan fingerprint density at radius 3 is 2.47 bits per heavy atom. The molecule has 0 spiro atoms. The molecule has 0 saturated heterocycles. The van der Waals surface area contributed by atoms with E-state index in [-0.39, 0.29) is 0 Å². The number of rotatable bonds is 2. The summed E-state index contributed by atoms with van der Waals surface area (Å²) in [4.78, 5) is 3.36. The van der Waals surface area contributed by atoms with Crippen LogP contribution in [0.5, 0.6) is 0 Å². The van der Waals surface area contributed by atoms with Crippen molar-refractivity contribution in [3.63, 3.8) is 0 Å². The molecule has 0 bridgehead atoms. The van der Waals surface area contributed by atoms with Gasteiger partial charge in [0.2, 0.25) is 0 Å². The average molecular weight is 240 g/mol. The topological polar surface area (TPSA) is 30.7 Å². The van der Waals surface area contributed by atoms with Gasteiger partial charge in [-0.2, -0.15) is 18.3 Å². The van der Waals surface area contributed by atoms with Crippen molar-refractivity contribution in [1.82, 2.24) is 14.8 Å². The molecule has 0 aromatic carbocycles. The predicted octanol–water partition coefficient (Wildman–Crippen LogP) is 2.66. The maximum absolute atomic E-state index is 12.3. The van der Waals surface area contributed by atoms with Crippen LogP contribution in [0.15, 0.2) is 30.7 Å². The summed E-state index contributed by atoms with van der Waals surface area (Å²) in [5.74, 6) is 0. The molecule has 1 radical (unpaired) electrons. The van der Waals surface area contributed by atoms with E-state index in [4.69, 9.17) is 0 Å². The first-order chi connectivity index (χ1) is 8.00. The standard InChI is InChI=1S/C11H9F3N3/c1-2-8-5-16-17(7-8)9-3-4-10(15-6-9)11(12,13)14/h3-7H,1-2H2. The smallest absolute Gasteiger partial charge is 0.250 e. The van der Waals surface area contributed by atoms with Crippen LogP contribution in [0, 0.1) is 6.92 Å². The lowest BCUT2D eigenvalue weighted by atomic mass is 10.3. The quantitative estimate of drug-likeness (QED) is 0.807. The summed E-state index contributed by atoms with van der Waals surface area (Å²) < 4.78 is 38.3. The van der Waals surface area contributed by atoms with E-state index in [1.807, 2.05) is 0 Å². The number of pyridine rings is 1. The fourth-order valence-corrected chi connectivity index (χ4v) is 1.32. The minimum atomic E-state index is -4.42. The van der Waals surface area contributed by atoms with E-state index < -0.39 is 11.9 Å². The zero-order chi connectivity index (χ0) is 12.5. The molecule has 0 aliphatic rings. The highest BCUT2D eigenvalue weighted by Gasteiger charge is 2.32. The van der Waals surface area contributed by atoms with E-state index in [0.717, 1.165) is 17.8 Å². The summed E-state index contributed by atoms with van der Waals surface area (Å²) in [5.41, 5.74) is 0.480. The van der Waals surface area contributed by atoms with Gasteiger partial charge in [-0.1, -0.05) is 0 Å². The van der Waals surface area contributed by atoms with Crippen molar-refractivity contribution < 1.29 is 13.2 Å². The van der Waals surface area contributed by atoms with Crippen LogP contribution in [0.4, 0.5) is 13.2 Å².